The summed E-state index contributed by atoms with van der Waals surface area (Å²) in [5, 5.41) is 21.5. The Morgan fingerprint density at radius 2 is 2.00 bits per heavy atom. The second-order valence-corrected chi connectivity index (χ2v) is 4.33. The fourth-order valence-corrected chi connectivity index (χ4v) is 1.87. The van der Waals surface area contributed by atoms with Crippen LogP contribution in [0.15, 0.2) is 48.5 Å². The lowest BCUT2D eigenvalue weighted by atomic mass is 10.1. The molecule has 0 spiro atoms. The minimum absolute atomic E-state index is 0.0607. The van der Waals surface area contributed by atoms with Crippen molar-refractivity contribution >= 4 is 5.91 Å². The van der Waals surface area contributed by atoms with E-state index in [0.29, 0.717) is 11.3 Å². The Kier molecular flexibility index (Phi) is 4.42. The molecule has 0 aliphatic rings. The van der Waals surface area contributed by atoms with Crippen LogP contribution >= 0.6 is 0 Å². The molecule has 1 atom stereocenters. The fraction of sp³-hybridized carbons (Fsp3) is 0.125. The van der Waals surface area contributed by atoms with Crippen molar-refractivity contribution in [1.82, 2.24) is 5.32 Å². The number of amides is 1. The molecule has 2 aromatic carbocycles. The number of benzene rings is 2. The van der Waals surface area contributed by atoms with E-state index in [-0.39, 0.29) is 11.3 Å². The molecule has 0 fully saturated rings. The van der Waals surface area contributed by atoms with Gasteiger partial charge in [-0.1, -0.05) is 30.3 Å². The summed E-state index contributed by atoms with van der Waals surface area (Å²) >= 11 is 0. The molecule has 5 heteroatoms. The Hall–Kier alpha value is -3.00. The van der Waals surface area contributed by atoms with Gasteiger partial charge >= 0.3 is 0 Å². The van der Waals surface area contributed by atoms with Crippen LogP contribution in [-0.4, -0.2) is 18.1 Å². The molecule has 0 radical (unpaired) electrons. The number of methoxy groups -OCH3 is 1. The number of carbonyl (C=O) groups is 1. The Labute approximate surface area is 122 Å². The van der Waals surface area contributed by atoms with Crippen molar-refractivity contribution < 1.29 is 14.6 Å². The smallest absolute Gasteiger partial charge is 0.256 e. The molecule has 0 heterocycles. The van der Waals surface area contributed by atoms with E-state index in [0.717, 1.165) is 0 Å². The third-order valence-corrected chi connectivity index (χ3v) is 2.99. The van der Waals surface area contributed by atoms with E-state index in [1.807, 2.05) is 12.1 Å². The second-order valence-electron chi connectivity index (χ2n) is 4.33. The van der Waals surface area contributed by atoms with E-state index in [9.17, 15) is 15.2 Å². The maximum atomic E-state index is 12.2. The number of hydrogen-bond acceptors (Lipinski definition) is 4. The van der Waals surface area contributed by atoms with Gasteiger partial charge in [0.2, 0.25) is 0 Å². The number of carbonyl (C=O) groups excluding carboxylic acids is 1. The molecule has 2 aromatic rings. The first-order valence-corrected chi connectivity index (χ1v) is 6.28. The van der Waals surface area contributed by atoms with Gasteiger partial charge in [-0.2, -0.15) is 5.26 Å². The van der Waals surface area contributed by atoms with Gasteiger partial charge in [0.05, 0.1) is 18.7 Å². The summed E-state index contributed by atoms with van der Waals surface area (Å²) in [7, 11) is 1.47. The summed E-state index contributed by atoms with van der Waals surface area (Å²) in [5.74, 6) is -0.258. The van der Waals surface area contributed by atoms with Crippen LogP contribution in [0, 0.1) is 11.3 Å². The maximum Gasteiger partial charge on any atom is 0.256 e. The van der Waals surface area contributed by atoms with Crippen LogP contribution in [0.1, 0.15) is 22.0 Å². The van der Waals surface area contributed by atoms with Gasteiger partial charge in [-0.25, -0.2) is 0 Å². The topological polar surface area (TPSA) is 82.3 Å². The van der Waals surface area contributed by atoms with Crippen molar-refractivity contribution in [3.63, 3.8) is 0 Å². The maximum absolute atomic E-state index is 12.2. The number of nitriles is 1. The van der Waals surface area contributed by atoms with E-state index in [1.165, 1.54) is 19.2 Å². The number of aromatic hydroxyl groups is 1. The van der Waals surface area contributed by atoms with Gasteiger partial charge in [-0.3, -0.25) is 4.79 Å². The lowest BCUT2D eigenvalue weighted by Crippen LogP contribution is -2.27. The number of hydrogen-bond donors (Lipinski definition) is 2. The van der Waals surface area contributed by atoms with Crippen molar-refractivity contribution in [2.75, 3.05) is 7.11 Å². The molecule has 0 saturated carbocycles. The predicted octanol–water partition coefficient (Wildman–Crippen LogP) is 2.40. The molecule has 0 bridgehead atoms. The van der Waals surface area contributed by atoms with Gasteiger partial charge < -0.3 is 15.2 Å². The number of ether oxygens (including phenoxy) is 1. The summed E-state index contributed by atoms with van der Waals surface area (Å²) < 4.78 is 5.02. The highest BCUT2D eigenvalue weighted by Gasteiger charge is 2.18. The third kappa shape index (κ3) is 3.31. The Balaban J connectivity index is 2.23. The van der Waals surface area contributed by atoms with Gasteiger partial charge in [0, 0.05) is 0 Å². The van der Waals surface area contributed by atoms with Gasteiger partial charge in [0.25, 0.3) is 5.91 Å². The zero-order chi connectivity index (χ0) is 15.2. The van der Waals surface area contributed by atoms with Crippen LogP contribution < -0.4 is 10.1 Å². The SMILES string of the molecule is COc1ccc(O)c(C(=O)NC(C#N)c2ccccc2)c1. The lowest BCUT2D eigenvalue weighted by molar-refractivity contribution is 0.0942. The third-order valence-electron chi connectivity index (χ3n) is 2.99. The lowest BCUT2D eigenvalue weighted by Gasteiger charge is -2.13. The quantitative estimate of drug-likeness (QED) is 0.902. The molecule has 1 unspecified atom stereocenters. The van der Waals surface area contributed by atoms with Crippen molar-refractivity contribution in [2.45, 2.75) is 6.04 Å². The summed E-state index contributed by atoms with van der Waals surface area (Å²) in [4.78, 5) is 12.2. The van der Waals surface area contributed by atoms with Crippen LogP contribution in [0.25, 0.3) is 0 Å². The molecule has 106 valence electrons. The molecule has 0 aromatic heterocycles. The highest BCUT2D eigenvalue weighted by molar-refractivity contribution is 5.97. The van der Waals surface area contributed by atoms with Crippen LogP contribution in [-0.2, 0) is 0 Å². The zero-order valence-electron chi connectivity index (χ0n) is 11.4. The highest BCUT2D eigenvalue weighted by Crippen LogP contribution is 2.23. The first-order valence-electron chi connectivity index (χ1n) is 6.28. The van der Waals surface area contributed by atoms with Crippen molar-refractivity contribution in [1.29, 1.82) is 5.26 Å². The number of phenols is 1. The average Bonchev–Trinajstić information content (AvgIpc) is 2.53. The first kappa shape index (κ1) is 14.4. The fourth-order valence-electron chi connectivity index (χ4n) is 1.87. The second kappa shape index (κ2) is 6.44. The summed E-state index contributed by atoms with van der Waals surface area (Å²) in [6, 6.07) is 14.5. The van der Waals surface area contributed by atoms with E-state index in [4.69, 9.17) is 4.74 Å². The van der Waals surface area contributed by atoms with E-state index in [2.05, 4.69) is 5.32 Å². The molecule has 2 rings (SSSR count). The van der Waals surface area contributed by atoms with Gasteiger partial charge in [-0.05, 0) is 23.8 Å². The first-order chi connectivity index (χ1) is 10.2. The van der Waals surface area contributed by atoms with Gasteiger partial charge in [-0.15, -0.1) is 0 Å². The summed E-state index contributed by atoms with van der Waals surface area (Å²) in [6.07, 6.45) is 0. The molecule has 5 nitrogen and oxygen atoms in total. The zero-order valence-corrected chi connectivity index (χ0v) is 11.4. The summed E-state index contributed by atoms with van der Waals surface area (Å²) in [6.45, 7) is 0. The Bertz CT molecular complexity index is 678. The van der Waals surface area contributed by atoms with E-state index in [1.54, 1.807) is 30.3 Å². The van der Waals surface area contributed by atoms with Crippen LogP contribution in [0.5, 0.6) is 11.5 Å². The van der Waals surface area contributed by atoms with Crippen molar-refractivity contribution in [2.24, 2.45) is 0 Å². The monoisotopic (exact) mass is 282 g/mol. The average molecular weight is 282 g/mol. The number of nitrogens with zero attached hydrogens (tertiary/aromatic N) is 1. The van der Waals surface area contributed by atoms with Crippen LogP contribution in [0.3, 0.4) is 0 Å². The predicted molar refractivity (Wildman–Crippen MR) is 76.9 cm³/mol. The van der Waals surface area contributed by atoms with E-state index >= 15 is 0 Å². The number of rotatable bonds is 4. The van der Waals surface area contributed by atoms with Gasteiger partial charge in [0.1, 0.15) is 17.5 Å². The molecule has 2 N–H and O–H groups in total. The molecular weight excluding hydrogens is 268 g/mol. The standard InChI is InChI=1S/C16H14N2O3/c1-21-12-7-8-15(19)13(9-12)16(20)18-14(10-17)11-5-3-2-4-6-11/h2-9,14,19H,1H3,(H,18,20). The molecular formula is C16H14N2O3. The molecule has 0 aliphatic heterocycles. The minimum atomic E-state index is -0.788. The summed E-state index contributed by atoms with van der Waals surface area (Å²) in [5.41, 5.74) is 0.737. The minimum Gasteiger partial charge on any atom is -0.507 e. The van der Waals surface area contributed by atoms with Crippen LogP contribution in [0.2, 0.25) is 0 Å². The normalized spacial score (nSPS) is 11.2. The number of nitrogens with one attached hydrogen (secondary N) is 1. The molecule has 0 saturated heterocycles. The van der Waals surface area contributed by atoms with Crippen molar-refractivity contribution in [3.8, 4) is 17.6 Å². The molecule has 0 aliphatic carbocycles. The Morgan fingerprint density at radius 3 is 2.62 bits per heavy atom. The molecule has 21 heavy (non-hydrogen) atoms. The Morgan fingerprint density at radius 1 is 1.29 bits per heavy atom. The van der Waals surface area contributed by atoms with Crippen molar-refractivity contribution in [3.05, 3.63) is 59.7 Å². The van der Waals surface area contributed by atoms with E-state index < -0.39 is 11.9 Å². The highest BCUT2D eigenvalue weighted by atomic mass is 16.5. The number of phenolic OH excluding ortho intramolecular Hbond substituents is 1. The molecule has 1 amide bonds. The van der Waals surface area contributed by atoms with Gasteiger partial charge in [0.15, 0.2) is 0 Å². The van der Waals surface area contributed by atoms with Crippen LogP contribution in [0.4, 0.5) is 0 Å². The largest absolute Gasteiger partial charge is 0.507 e.